The van der Waals surface area contributed by atoms with Crippen molar-refractivity contribution in [3.05, 3.63) is 42.7 Å². The summed E-state index contributed by atoms with van der Waals surface area (Å²) in [6, 6.07) is 9.44. The standard InChI is InChI=1S/C17H16N4O2/c22-17(15-4-2-8-23-15)19-12-5-6-13-14(9-12)21-16(20-13)11-3-1-7-18-10-11/h1,3,5-7,9-10,15H,2,4,8H2,(H,19,22)(H,20,21)/t15-/m1/s1. The molecule has 1 aliphatic heterocycles. The molecule has 1 amide bonds. The number of nitrogens with one attached hydrogen (secondary N) is 2. The number of hydrogen-bond acceptors (Lipinski definition) is 4. The topological polar surface area (TPSA) is 79.9 Å². The number of pyridine rings is 1. The molecule has 4 rings (SSSR count). The van der Waals surface area contributed by atoms with Gasteiger partial charge in [-0.3, -0.25) is 9.78 Å². The van der Waals surface area contributed by atoms with Gasteiger partial charge < -0.3 is 15.0 Å². The number of hydrogen-bond donors (Lipinski definition) is 2. The summed E-state index contributed by atoms with van der Waals surface area (Å²) in [6.07, 6.45) is 4.87. The number of ether oxygens (including phenoxy) is 1. The number of amides is 1. The Morgan fingerprint density at radius 3 is 3.09 bits per heavy atom. The highest BCUT2D eigenvalue weighted by atomic mass is 16.5. The highest BCUT2D eigenvalue weighted by Gasteiger charge is 2.23. The Hall–Kier alpha value is -2.73. The third-order valence-electron chi connectivity index (χ3n) is 3.91. The van der Waals surface area contributed by atoms with Gasteiger partial charge in [0.25, 0.3) is 5.91 Å². The van der Waals surface area contributed by atoms with Crippen LogP contribution in [0.1, 0.15) is 12.8 Å². The molecule has 3 heterocycles. The number of imidazole rings is 1. The summed E-state index contributed by atoms with van der Waals surface area (Å²) in [5, 5.41) is 2.90. The fraction of sp³-hybridized carbons (Fsp3) is 0.235. The first-order chi connectivity index (χ1) is 11.3. The Kier molecular flexibility index (Phi) is 3.51. The first-order valence-electron chi connectivity index (χ1n) is 7.62. The molecule has 0 saturated carbocycles. The number of fused-ring (bicyclic) bond motifs is 1. The van der Waals surface area contributed by atoms with Gasteiger partial charge in [0.15, 0.2) is 0 Å². The summed E-state index contributed by atoms with van der Waals surface area (Å²) in [7, 11) is 0. The van der Waals surface area contributed by atoms with Crippen molar-refractivity contribution in [3.8, 4) is 11.4 Å². The summed E-state index contributed by atoms with van der Waals surface area (Å²) in [4.78, 5) is 24.0. The Labute approximate surface area is 132 Å². The van der Waals surface area contributed by atoms with Crippen molar-refractivity contribution in [2.24, 2.45) is 0 Å². The van der Waals surface area contributed by atoms with Crippen LogP contribution in [0.2, 0.25) is 0 Å². The van der Waals surface area contributed by atoms with Crippen molar-refractivity contribution < 1.29 is 9.53 Å². The predicted octanol–water partition coefficient (Wildman–Crippen LogP) is 2.74. The average molecular weight is 308 g/mol. The SMILES string of the molecule is O=C(Nc1ccc2nc(-c3cccnc3)[nH]c2c1)[C@H]1CCCO1. The zero-order valence-corrected chi connectivity index (χ0v) is 12.5. The van der Waals surface area contributed by atoms with E-state index < -0.39 is 0 Å². The van der Waals surface area contributed by atoms with Crippen LogP contribution in [0, 0.1) is 0 Å². The van der Waals surface area contributed by atoms with Gasteiger partial charge in [0.1, 0.15) is 11.9 Å². The largest absolute Gasteiger partial charge is 0.368 e. The number of rotatable bonds is 3. The van der Waals surface area contributed by atoms with E-state index in [9.17, 15) is 4.79 Å². The molecule has 1 saturated heterocycles. The molecule has 1 aliphatic rings. The quantitative estimate of drug-likeness (QED) is 0.779. The van der Waals surface area contributed by atoms with Crippen molar-refractivity contribution in [2.45, 2.75) is 18.9 Å². The molecule has 2 N–H and O–H groups in total. The molecule has 23 heavy (non-hydrogen) atoms. The van der Waals surface area contributed by atoms with E-state index in [2.05, 4.69) is 20.3 Å². The molecule has 0 aliphatic carbocycles. The van der Waals surface area contributed by atoms with E-state index in [1.807, 2.05) is 30.3 Å². The molecular weight excluding hydrogens is 292 g/mol. The van der Waals surface area contributed by atoms with Gasteiger partial charge in [-0.05, 0) is 43.2 Å². The number of aromatic nitrogens is 3. The van der Waals surface area contributed by atoms with E-state index in [1.54, 1.807) is 12.4 Å². The van der Waals surface area contributed by atoms with Gasteiger partial charge in [0, 0.05) is 30.3 Å². The van der Waals surface area contributed by atoms with Crippen LogP contribution in [0.4, 0.5) is 5.69 Å². The second-order valence-electron chi connectivity index (χ2n) is 5.55. The van der Waals surface area contributed by atoms with Gasteiger partial charge in [-0.15, -0.1) is 0 Å². The monoisotopic (exact) mass is 308 g/mol. The van der Waals surface area contributed by atoms with Crippen molar-refractivity contribution >= 4 is 22.6 Å². The van der Waals surface area contributed by atoms with E-state index in [4.69, 9.17) is 4.74 Å². The number of H-pyrrole nitrogens is 1. The maximum absolute atomic E-state index is 12.1. The molecule has 1 atom stereocenters. The molecule has 0 unspecified atom stereocenters. The molecular formula is C17H16N4O2. The van der Waals surface area contributed by atoms with Crippen molar-refractivity contribution in [1.82, 2.24) is 15.0 Å². The fourth-order valence-corrected chi connectivity index (χ4v) is 2.73. The second-order valence-corrected chi connectivity index (χ2v) is 5.55. The Morgan fingerprint density at radius 1 is 1.35 bits per heavy atom. The molecule has 6 nitrogen and oxygen atoms in total. The molecule has 2 aromatic heterocycles. The van der Waals surface area contributed by atoms with Crippen LogP contribution < -0.4 is 5.32 Å². The number of aromatic amines is 1. The summed E-state index contributed by atoms with van der Waals surface area (Å²) < 4.78 is 5.40. The summed E-state index contributed by atoms with van der Waals surface area (Å²) in [5.41, 5.74) is 3.38. The van der Waals surface area contributed by atoms with Gasteiger partial charge in [0.05, 0.1) is 11.0 Å². The van der Waals surface area contributed by atoms with Crippen LogP contribution in [-0.2, 0) is 9.53 Å². The van der Waals surface area contributed by atoms with E-state index in [0.717, 1.165) is 41.0 Å². The summed E-state index contributed by atoms with van der Waals surface area (Å²) >= 11 is 0. The van der Waals surface area contributed by atoms with E-state index in [-0.39, 0.29) is 12.0 Å². The van der Waals surface area contributed by atoms with Crippen molar-refractivity contribution in [1.29, 1.82) is 0 Å². The predicted molar refractivity (Wildman–Crippen MR) is 86.9 cm³/mol. The Morgan fingerprint density at radius 2 is 2.30 bits per heavy atom. The van der Waals surface area contributed by atoms with Crippen molar-refractivity contribution in [3.63, 3.8) is 0 Å². The molecule has 1 aromatic carbocycles. The average Bonchev–Trinajstić information content (AvgIpc) is 3.25. The molecule has 0 spiro atoms. The molecule has 0 radical (unpaired) electrons. The van der Waals surface area contributed by atoms with Gasteiger partial charge >= 0.3 is 0 Å². The van der Waals surface area contributed by atoms with E-state index in [0.29, 0.717) is 6.61 Å². The summed E-state index contributed by atoms with van der Waals surface area (Å²) in [6.45, 7) is 0.659. The van der Waals surface area contributed by atoms with Crippen molar-refractivity contribution in [2.75, 3.05) is 11.9 Å². The lowest BCUT2D eigenvalue weighted by atomic mass is 10.2. The third-order valence-corrected chi connectivity index (χ3v) is 3.91. The minimum atomic E-state index is -0.335. The van der Waals surface area contributed by atoms with Crippen LogP contribution in [0.5, 0.6) is 0 Å². The summed E-state index contributed by atoms with van der Waals surface area (Å²) in [5.74, 6) is 0.671. The smallest absolute Gasteiger partial charge is 0.253 e. The Bertz CT molecular complexity index is 838. The minimum absolute atomic E-state index is 0.0890. The maximum Gasteiger partial charge on any atom is 0.253 e. The van der Waals surface area contributed by atoms with Crippen LogP contribution in [-0.4, -0.2) is 33.6 Å². The molecule has 116 valence electrons. The lowest BCUT2D eigenvalue weighted by Crippen LogP contribution is -2.26. The van der Waals surface area contributed by atoms with E-state index >= 15 is 0 Å². The number of carbonyl (C=O) groups is 1. The van der Waals surface area contributed by atoms with E-state index in [1.165, 1.54) is 0 Å². The second kappa shape index (κ2) is 5.81. The molecule has 6 heteroatoms. The molecule has 1 fully saturated rings. The molecule has 0 bridgehead atoms. The molecule has 3 aromatic rings. The number of anilines is 1. The fourth-order valence-electron chi connectivity index (χ4n) is 2.73. The number of carbonyl (C=O) groups excluding carboxylic acids is 1. The lowest BCUT2D eigenvalue weighted by Gasteiger charge is -2.10. The van der Waals surface area contributed by atoms with Crippen LogP contribution in [0.3, 0.4) is 0 Å². The van der Waals surface area contributed by atoms with Gasteiger partial charge in [-0.1, -0.05) is 0 Å². The van der Waals surface area contributed by atoms with Gasteiger partial charge in [0.2, 0.25) is 0 Å². The number of nitrogens with zero attached hydrogens (tertiary/aromatic N) is 2. The zero-order valence-electron chi connectivity index (χ0n) is 12.5. The first kappa shape index (κ1) is 13.9. The minimum Gasteiger partial charge on any atom is -0.368 e. The Balaban J connectivity index is 1.59. The highest BCUT2D eigenvalue weighted by Crippen LogP contribution is 2.23. The highest BCUT2D eigenvalue weighted by molar-refractivity contribution is 5.96. The lowest BCUT2D eigenvalue weighted by molar-refractivity contribution is -0.124. The normalized spacial score (nSPS) is 17.5. The van der Waals surface area contributed by atoms with Crippen LogP contribution in [0.25, 0.3) is 22.4 Å². The van der Waals surface area contributed by atoms with Gasteiger partial charge in [-0.25, -0.2) is 4.98 Å². The zero-order chi connectivity index (χ0) is 15.6. The third kappa shape index (κ3) is 2.80. The number of benzene rings is 1. The first-order valence-corrected chi connectivity index (χ1v) is 7.62. The van der Waals surface area contributed by atoms with Gasteiger partial charge in [-0.2, -0.15) is 0 Å². The van der Waals surface area contributed by atoms with Crippen LogP contribution >= 0.6 is 0 Å². The van der Waals surface area contributed by atoms with Crippen LogP contribution in [0.15, 0.2) is 42.7 Å². The maximum atomic E-state index is 12.1.